The largest absolute Gasteiger partial charge is 0.386 e. The summed E-state index contributed by atoms with van der Waals surface area (Å²) in [5.74, 6) is -0.195. The van der Waals surface area contributed by atoms with Gasteiger partial charge in [0.05, 0.1) is 12.3 Å². The highest BCUT2D eigenvalue weighted by Gasteiger charge is 2.10. The molecule has 122 valence electrons. The summed E-state index contributed by atoms with van der Waals surface area (Å²) >= 11 is 1.56. The molecule has 0 aliphatic carbocycles. The molecule has 1 aromatic heterocycles. The molecule has 1 unspecified atom stereocenters. The van der Waals surface area contributed by atoms with E-state index in [-0.39, 0.29) is 18.6 Å². The average Bonchev–Trinajstić information content (AvgIpc) is 3.11. The molecule has 1 atom stereocenters. The van der Waals surface area contributed by atoms with Gasteiger partial charge in [0.1, 0.15) is 0 Å². The van der Waals surface area contributed by atoms with Gasteiger partial charge in [0.25, 0.3) is 5.91 Å². The highest BCUT2D eigenvalue weighted by molar-refractivity contribution is 7.11. The van der Waals surface area contributed by atoms with Crippen molar-refractivity contribution in [1.82, 2.24) is 5.32 Å². The van der Waals surface area contributed by atoms with Crippen molar-refractivity contribution in [3.63, 3.8) is 0 Å². The topological polar surface area (TPSA) is 50.7 Å². The summed E-state index contributed by atoms with van der Waals surface area (Å²) in [4.78, 5) is 18.0. The van der Waals surface area contributed by atoms with Crippen LogP contribution in [-0.4, -0.2) is 18.7 Å². The van der Waals surface area contributed by atoms with Gasteiger partial charge in [-0.1, -0.05) is 47.6 Å². The number of nitrogens with zero attached hydrogens (tertiary/aromatic N) is 1. The fourth-order valence-electron chi connectivity index (χ4n) is 2.39. The molecule has 1 heterocycles. The molecule has 5 heteroatoms. The number of fused-ring (bicyclic) bond motifs is 1. The fraction of sp³-hybridized carbons (Fsp3) is 0.158. The molecule has 24 heavy (non-hydrogen) atoms. The lowest BCUT2D eigenvalue weighted by Crippen LogP contribution is -2.29. The molecule has 3 rings (SSSR count). The summed E-state index contributed by atoms with van der Waals surface area (Å²) in [6.07, 6.45) is 1.60. The second-order valence-electron chi connectivity index (χ2n) is 5.42. The van der Waals surface area contributed by atoms with Crippen LogP contribution in [0.15, 0.2) is 65.1 Å². The molecule has 0 aliphatic rings. The molecule has 0 spiro atoms. The molecular formula is C19H18N2O2S. The molecule has 0 saturated heterocycles. The van der Waals surface area contributed by atoms with Gasteiger partial charge in [-0.3, -0.25) is 4.79 Å². The molecule has 1 N–H and O–H groups in total. The van der Waals surface area contributed by atoms with Crippen molar-refractivity contribution in [3.8, 4) is 0 Å². The van der Waals surface area contributed by atoms with Gasteiger partial charge in [0.2, 0.25) is 0 Å². The first kappa shape index (κ1) is 16.2. The van der Waals surface area contributed by atoms with E-state index in [0.29, 0.717) is 0 Å². The third-order valence-corrected chi connectivity index (χ3v) is 4.45. The van der Waals surface area contributed by atoms with Crippen LogP contribution in [0.4, 0.5) is 0 Å². The first-order chi connectivity index (χ1) is 11.7. The van der Waals surface area contributed by atoms with Gasteiger partial charge < -0.3 is 10.2 Å². The zero-order valence-corrected chi connectivity index (χ0v) is 14.1. The van der Waals surface area contributed by atoms with Crippen molar-refractivity contribution in [2.45, 2.75) is 13.0 Å². The van der Waals surface area contributed by atoms with E-state index in [2.05, 4.69) is 34.7 Å². The second kappa shape index (κ2) is 7.75. The van der Waals surface area contributed by atoms with Crippen LogP contribution < -0.4 is 5.32 Å². The number of thiophene rings is 1. The van der Waals surface area contributed by atoms with Crippen molar-refractivity contribution in [2.24, 2.45) is 5.16 Å². The second-order valence-corrected chi connectivity index (χ2v) is 6.40. The van der Waals surface area contributed by atoms with E-state index in [0.717, 1.165) is 15.8 Å². The Labute approximate surface area is 144 Å². The van der Waals surface area contributed by atoms with Crippen LogP contribution in [0, 0.1) is 0 Å². The Balaban J connectivity index is 1.53. The molecule has 0 aliphatic heterocycles. The standard InChI is InChI=1S/C19H18N2O2S/c1-14(16-9-8-15-5-2-3-6-17(15)11-16)21-19(22)13-23-20-12-18-7-4-10-24-18/h2-12,14H,13H2,1H3,(H,21,22)/b20-12+. The monoisotopic (exact) mass is 338 g/mol. The lowest BCUT2D eigenvalue weighted by Gasteiger charge is -2.14. The van der Waals surface area contributed by atoms with Crippen LogP contribution in [0.5, 0.6) is 0 Å². The van der Waals surface area contributed by atoms with E-state index < -0.39 is 0 Å². The van der Waals surface area contributed by atoms with Crippen LogP contribution >= 0.6 is 11.3 Å². The Morgan fingerprint density at radius 1 is 1.21 bits per heavy atom. The van der Waals surface area contributed by atoms with Crippen LogP contribution in [0.1, 0.15) is 23.4 Å². The number of benzene rings is 2. The van der Waals surface area contributed by atoms with Gasteiger partial charge in [-0.2, -0.15) is 0 Å². The normalized spacial score (nSPS) is 12.4. The number of carbonyl (C=O) groups is 1. The Morgan fingerprint density at radius 3 is 2.83 bits per heavy atom. The van der Waals surface area contributed by atoms with Crippen molar-refractivity contribution in [2.75, 3.05) is 6.61 Å². The minimum atomic E-state index is -0.195. The summed E-state index contributed by atoms with van der Waals surface area (Å²) in [6, 6.07) is 18.1. The average molecular weight is 338 g/mol. The van der Waals surface area contributed by atoms with Crippen molar-refractivity contribution < 1.29 is 9.63 Å². The maximum absolute atomic E-state index is 11.9. The highest BCUT2D eigenvalue weighted by atomic mass is 32.1. The third-order valence-electron chi connectivity index (χ3n) is 3.64. The minimum Gasteiger partial charge on any atom is -0.386 e. The maximum atomic E-state index is 11.9. The van der Waals surface area contributed by atoms with Crippen LogP contribution in [0.25, 0.3) is 10.8 Å². The Bertz CT molecular complexity index is 843. The summed E-state index contributed by atoms with van der Waals surface area (Å²) in [6.45, 7) is 1.86. The van der Waals surface area contributed by atoms with E-state index in [1.165, 1.54) is 5.39 Å². The molecule has 0 saturated carbocycles. The van der Waals surface area contributed by atoms with Crippen molar-refractivity contribution >= 4 is 34.2 Å². The summed E-state index contributed by atoms with van der Waals surface area (Å²) in [5, 5.41) is 11.0. The Hall–Kier alpha value is -2.66. The quantitative estimate of drug-likeness (QED) is 0.543. The number of carbonyl (C=O) groups excluding carboxylic acids is 1. The molecule has 0 fully saturated rings. The zero-order valence-electron chi connectivity index (χ0n) is 13.3. The Kier molecular flexibility index (Phi) is 5.23. The number of hydrogen-bond acceptors (Lipinski definition) is 4. The number of nitrogens with one attached hydrogen (secondary N) is 1. The van der Waals surface area contributed by atoms with Gasteiger partial charge in [-0.05, 0) is 40.8 Å². The molecule has 3 aromatic rings. The number of oxime groups is 1. The molecule has 2 aromatic carbocycles. The molecular weight excluding hydrogens is 320 g/mol. The smallest absolute Gasteiger partial charge is 0.261 e. The molecule has 4 nitrogen and oxygen atoms in total. The molecule has 0 bridgehead atoms. The van der Waals surface area contributed by atoms with Gasteiger partial charge in [0.15, 0.2) is 6.61 Å². The predicted octanol–water partition coefficient (Wildman–Crippen LogP) is 4.13. The first-order valence-electron chi connectivity index (χ1n) is 7.69. The van der Waals surface area contributed by atoms with Gasteiger partial charge >= 0.3 is 0 Å². The highest BCUT2D eigenvalue weighted by Crippen LogP contribution is 2.20. The predicted molar refractivity (Wildman–Crippen MR) is 98.4 cm³/mol. The molecule has 0 radical (unpaired) electrons. The van der Waals surface area contributed by atoms with Gasteiger partial charge in [-0.15, -0.1) is 11.3 Å². The fourth-order valence-corrected chi connectivity index (χ4v) is 2.97. The number of amides is 1. The third kappa shape index (κ3) is 4.20. The van der Waals surface area contributed by atoms with E-state index in [4.69, 9.17) is 4.84 Å². The van der Waals surface area contributed by atoms with E-state index in [1.807, 2.05) is 42.6 Å². The summed E-state index contributed by atoms with van der Waals surface area (Å²) in [5.41, 5.74) is 1.06. The zero-order chi connectivity index (χ0) is 16.8. The van der Waals surface area contributed by atoms with Crippen LogP contribution in [0.3, 0.4) is 0 Å². The van der Waals surface area contributed by atoms with Crippen LogP contribution in [0.2, 0.25) is 0 Å². The lowest BCUT2D eigenvalue weighted by atomic mass is 10.0. The summed E-state index contributed by atoms with van der Waals surface area (Å²) in [7, 11) is 0. The van der Waals surface area contributed by atoms with Gasteiger partial charge in [-0.25, -0.2) is 0 Å². The van der Waals surface area contributed by atoms with Crippen molar-refractivity contribution in [3.05, 3.63) is 70.4 Å². The lowest BCUT2D eigenvalue weighted by molar-refractivity contribution is -0.126. The maximum Gasteiger partial charge on any atom is 0.261 e. The van der Waals surface area contributed by atoms with E-state index >= 15 is 0 Å². The number of rotatable bonds is 6. The van der Waals surface area contributed by atoms with Gasteiger partial charge in [0, 0.05) is 4.88 Å². The SMILES string of the molecule is CC(NC(=O)CO/N=C/c1cccs1)c1ccc2ccccc2c1. The Morgan fingerprint density at radius 2 is 2.04 bits per heavy atom. The summed E-state index contributed by atoms with van der Waals surface area (Å²) < 4.78 is 0. The first-order valence-corrected chi connectivity index (χ1v) is 8.57. The van der Waals surface area contributed by atoms with E-state index in [9.17, 15) is 4.79 Å². The number of hydrogen-bond donors (Lipinski definition) is 1. The van der Waals surface area contributed by atoms with E-state index in [1.54, 1.807) is 17.6 Å². The minimum absolute atomic E-state index is 0.0908. The van der Waals surface area contributed by atoms with Crippen LogP contribution in [-0.2, 0) is 9.63 Å². The van der Waals surface area contributed by atoms with Crippen molar-refractivity contribution in [1.29, 1.82) is 0 Å². The molecule has 1 amide bonds.